The summed E-state index contributed by atoms with van der Waals surface area (Å²) < 4.78 is 5.48. The summed E-state index contributed by atoms with van der Waals surface area (Å²) in [5, 5.41) is 11.2. The number of anilines is 1. The van der Waals surface area contributed by atoms with Crippen molar-refractivity contribution in [1.82, 2.24) is 0 Å². The number of benzene rings is 3. The summed E-state index contributed by atoms with van der Waals surface area (Å²) >= 11 is 1.29. The topological polar surface area (TPSA) is 62.1 Å². The van der Waals surface area contributed by atoms with Crippen LogP contribution in [0.3, 0.4) is 0 Å². The number of amidine groups is 1. The number of carbonyl (C=O) groups excluding carboxylic acids is 1. The first-order chi connectivity index (χ1) is 15.5. The van der Waals surface area contributed by atoms with Crippen molar-refractivity contribution in [2.75, 3.05) is 11.5 Å². The van der Waals surface area contributed by atoms with Gasteiger partial charge in [0.05, 0.1) is 22.9 Å². The highest BCUT2D eigenvalue weighted by Crippen LogP contribution is 2.40. The molecule has 0 atom stereocenters. The standard InChI is InChI=1S/C26H24N2O3S/c1-4-31-22-15-9-12-19(24(22)29)16-23-25(30)28(21-14-8-6-11-18(21)3)26(32-23)27-20-13-7-5-10-17(20)2/h5-16,29H,4H2,1-3H3. The summed E-state index contributed by atoms with van der Waals surface area (Å²) in [6, 6.07) is 20.8. The number of amides is 1. The number of hydrogen-bond donors (Lipinski definition) is 1. The molecule has 0 aromatic heterocycles. The maximum absolute atomic E-state index is 13.5. The number of aliphatic imine (C=N–C) groups is 1. The van der Waals surface area contributed by atoms with Crippen LogP contribution in [-0.2, 0) is 4.79 Å². The van der Waals surface area contributed by atoms with Crippen LogP contribution in [0.4, 0.5) is 11.4 Å². The van der Waals surface area contributed by atoms with Crippen LogP contribution in [0.1, 0.15) is 23.6 Å². The number of carbonyl (C=O) groups is 1. The van der Waals surface area contributed by atoms with Gasteiger partial charge in [0, 0.05) is 5.56 Å². The molecule has 1 heterocycles. The van der Waals surface area contributed by atoms with E-state index >= 15 is 0 Å². The van der Waals surface area contributed by atoms with Crippen LogP contribution in [0.2, 0.25) is 0 Å². The highest BCUT2D eigenvalue weighted by molar-refractivity contribution is 8.19. The molecule has 32 heavy (non-hydrogen) atoms. The van der Waals surface area contributed by atoms with Gasteiger partial charge in [0.2, 0.25) is 0 Å². The molecular weight excluding hydrogens is 420 g/mol. The van der Waals surface area contributed by atoms with Crippen LogP contribution in [0, 0.1) is 13.8 Å². The van der Waals surface area contributed by atoms with Gasteiger partial charge in [-0.15, -0.1) is 0 Å². The van der Waals surface area contributed by atoms with Crippen molar-refractivity contribution in [3.05, 3.63) is 88.3 Å². The Morgan fingerprint density at radius 3 is 2.44 bits per heavy atom. The molecule has 0 unspecified atom stereocenters. The van der Waals surface area contributed by atoms with E-state index in [2.05, 4.69) is 0 Å². The highest BCUT2D eigenvalue weighted by Gasteiger charge is 2.35. The second-order valence-corrected chi connectivity index (χ2v) is 8.35. The number of rotatable bonds is 5. The van der Waals surface area contributed by atoms with Gasteiger partial charge in [-0.3, -0.25) is 9.69 Å². The third-order valence-electron chi connectivity index (χ3n) is 5.11. The predicted molar refractivity (Wildman–Crippen MR) is 132 cm³/mol. The highest BCUT2D eigenvalue weighted by atomic mass is 32.2. The number of aromatic hydroxyl groups is 1. The van der Waals surface area contributed by atoms with E-state index in [0.29, 0.717) is 28.0 Å². The SMILES string of the molecule is CCOc1cccc(C=C2SC(=Nc3ccccc3C)N(c3ccccc3C)C2=O)c1O. The molecule has 1 saturated heterocycles. The van der Waals surface area contributed by atoms with Gasteiger partial charge >= 0.3 is 0 Å². The van der Waals surface area contributed by atoms with Gasteiger partial charge in [-0.05, 0) is 67.9 Å². The van der Waals surface area contributed by atoms with Crippen LogP contribution in [0.5, 0.6) is 11.5 Å². The van der Waals surface area contributed by atoms with Crippen molar-refractivity contribution >= 4 is 40.3 Å². The van der Waals surface area contributed by atoms with Gasteiger partial charge in [0.1, 0.15) is 0 Å². The van der Waals surface area contributed by atoms with Gasteiger partial charge in [-0.2, -0.15) is 0 Å². The average molecular weight is 445 g/mol. The van der Waals surface area contributed by atoms with Crippen LogP contribution in [0.25, 0.3) is 6.08 Å². The Labute approximate surface area is 192 Å². The smallest absolute Gasteiger partial charge is 0.271 e. The van der Waals surface area contributed by atoms with E-state index < -0.39 is 0 Å². The van der Waals surface area contributed by atoms with Gasteiger partial charge in [0.15, 0.2) is 16.7 Å². The molecule has 0 bridgehead atoms. The zero-order valence-electron chi connectivity index (χ0n) is 18.2. The molecule has 1 N–H and O–H groups in total. The second kappa shape index (κ2) is 9.32. The molecule has 0 radical (unpaired) electrons. The number of phenols is 1. The Morgan fingerprint density at radius 2 is 1.72 bits per heavy atom. The Hall–Kier alpha value is -3.51. The maximum Gasteiger partial charge on any atom is 0.271 e. The first-order valence-corrected chi connectivity index (χ1v) is 11.2. The van der Waals surface area contributed by atoms with E-state index in [1.54, 1.807) is 29.2 Å². The number of thioether (sulfide) groups is 1. The molecule has 1 aliphatic rings. The molecule has 0 saturated carbocycles. The molecule has 162 valence electrons. The van der Waals surface area contributed by atoms with Crippen LogP contribution >= 0.6 is 11.8 Å². The normalized spacial score (nSPS) is 16.2. The van der Waals surface area contributed by atoms with Gasteiger partial charge in [-0.1, -0.05) is 48.5 Å². The molecule has 3 aromatic rings. The average Bonchev–Trinajstić information content (AvgIpc) is 3.08. The fourth-order valence-electron chi connectivity index (χ4n) is 3.44. The van der Waals surface area contributed by atoms with Crippen molar-refractivity contribution < 1.29 is 14.6 Å². The Kier molecular flexibility index (Phi) is 6.32. The molecular formula is C26H24N2O3S. The van der Waals surface area contributed by atoms with E-state index in [9.17, 15) is 9.90 Å². The maximum atomic E-state index is 13.5. The zero-order chi connectivity index (χ0) is 22.7. The molecule has 1 fully saturated rings. The number of nitrogens with zero attached hydrogens (tertiary/aromatic N) is 2. The van der Waals surface area contributed by atoms with Crippen molar-refractivity contribution in [3.8, 4) is 11.5 Å². The Balaban J connectivity index is 1.82. The quantitative estimate of drug-likeness (QED) is 0.475. The molecule has 5 nitrogen and oxygen atoms in total. The Bertz CT molecular complexity index is 1230. The van der Waals surface area contributed by atoms with Gasteiger partial charge in [0.25, 0.3) is 5.91 Å². The van der Waals surface area contributed by atoms with E-state index in [4.69, 9.17) is 9.73 Å². The lowest BCUT2D eigenvalue weighted by Crippen LogP contribution is -2.29. The number of aryl methyl sites for hydroxylation is 2. The number of ether oxygens (including phenoxy) is 1. The molecule has 0 spiro atoms. The first kappa shape index (κ1) is 21.7. The summed E-state index contributed by atoms with van der Waals surface area (Å²) in [7, 11) is 0. The fourth-order valence-corrected chi connectivity index (χ4v) is 4.41. The monoisotopic (exact) mass is 444 g/mol. The summed E-state index contributed by atoms with van der Waals surface area (Å²) in [5.74, 6) is 0.224. The van der Waals surface area contributed by atoms with Crippen LogP contribution in [0.15, 0.2) is 76.6 Å². The minimum atomic E-state index is -0.183. The molecule has 6 heteroatoms. The summed E-state index contributed by atoms with van der Waals surface area (Å²) in [4.78, 5) is 20.5. The fraction of sp³-hybridized carbons (Fsp3) is 0.154. The summed E-state index contributed by atoms with van der Waals surface area (Å²) in [6.45, 7) is 6.26. The molecule has 0 aliphatic carbocycles. The largest absolute Gasteiger partial charge is 0.504 e. The minimum absolute atomic E-state index is 0.0157. The van der Waals surface area contributed by atoms with E-state index in [0.717, 1.165) is 22.5 Å². The zero-order valence-corrected chi connectivity index (χ0v) is 19.0. The lowest BCUT2D eigenvalue weighted by atomic mass is 10.1. The van der Waals surface area contributed by atoms with Crippen molar-refractivity contribution in [3.63, 3.8) is 0 Å². The van der Waals surface area contributed by atoms with Crippen molar-refractivity contribution in [2.45, 2.75) is 20.8 Å². The van der Waals surface area contributed by atoms with E-state index in [1.807, 2.05) is 69.3 Å². The predicted octanol–water partition coefficient (Wildman–Crippen LogP) is 6.22. The van der Waals surface area contributed by atoms with Gasteiger partial charge < -0.3 is 9.84 Å². The summed E-state index contributed by atoms with van der Waals surface area (Å²) in [5.41, 5.74) is 4.11. The van der Waals surface area contributed by atoms with Gasteiger partial charge in [-0.25, -0.2) is 4.99 Å². The molecule has 1 amide bonds. The minimum Gasteiger partial charge on any atom is -0.504 e. The Morgan fingerprint density at radius 1 is 1.00 bits per heavy atom. The van der Waals surface area contributed by atoms with Crippen LogP contribution in [-0.4, -0.2) is 22.8 Å². The number of hydrogen-bond acceptors (Lipinski definition) is 5. The van der Waals surface area contributed by atoms with Crippen LogP contribution < -0.4 is 9.64 Å². The van der Waals surface area contributed by atoms with Crippen molar-refractivity contribution in [1.29, 1.82) is 0 Å². The third-order valence-corrected chi connectivity index (χ3v) is 6.08. The number of para-hydroxylation sites is 3. The molecule has 3 aromatic carbocycles. The summed E-state index contributed by atoms with van der Waals surface area (Å²) in [6.07, 6.45) is 1.69. The molecule has 1 aliphatic heterocycles. The van der Waals surface area contributed by atoms with Crippen molar-refractivity contribution in [2.24, 2.45) is 4.99 Å². The second-order valence-electron chi connectivity index (χ2n) is 7.35. The lowest BCUT2D eigenvalue weighted by molar-refractivity contribution is -0.113. The lowest BCUT2D eigenvalue weighted by Gasteiger charge is -2.18. The number of phenolic OH excluding ortho intramolecular Hbond substituents is 1. The molecule has 4 rings (SSSR count). The third kappa shape index (κ3) is 4.27. The van der Waals surface area contributed by atoms with E-state index in [-0.39, 0.29) is 11.7 Å². The van der Waals surface area contributed by atoms with E-state index in [1.165, 1.54) is 11.8 Å². The first-order valence-electron chi connectivity index (χ1n) is 10.4.